The van der Waals surface area contributed by atoms with Crippen molar-refractivity contribution in [2.45, 2.75) is 37.4 Å². The molecule has 1 fully saturated rings. The summed E-state index contributed by atoms with van der Waals surface area (Å²) in [6.45, 7) is 0. The van der Waals surface area contributed by atoms with Crippen LogP contribution in [-0.4, -0.2) is 11.2 Å². The van der Waals surface area contributed by atoms with Crippen molar-refractivity contribution in [3.05, 3.63) is 65.0 Å². The Hall–Kier alpha value is -1.87. The van der Waals surface area contributed by atoms with Crippen LogP contribution in [0.5, 0.6) is 5.75 Å². The number of benzene rings is 2. The van der Waals surface area contributed by atoms with Crippen molar-refractivity contribution in [2.24, 2.45) is 0 Å². The molecular formula is C18H17FO2. The van der Waals surface area contributed by atoms with Gasteiger partial charge < -0.3 is 9.84 Å². The predicted octanol–water partition coefficient (Wildman–Crippen LogP) is 3.55. The maximum Gasteiger partial charge on any atom is 0.126 e. The van der Waals surface area contributed by atoms with Gasteiger partial charge in [-0.3, -0.25) is 0 Å². The van der Waals surface area contributed by atoms with Gasteiger partial charge in [-0.15, -0.1) is 0 Å². The average molecular weight is 284 g/mol. The van der Waals surface area contributed by atoms with Gasteiger partial charge >= 0.3 is 0 Å². The molecule has 2 aliphatic rings. The summed E-state index contributed by atoms with van der Waals surface area (Å²) >= 11 is 0. The molecule has 1 saturated carbocycles. The molecule has 1 atom stereocenters. The first-order valence-corrected chi connectivity index (χ1v) is 7.44. The van der Waals surface area contributed by atoms with E-state index in [4.69, 9.17) is 4.74 Å². The zero-order valence-electron chi connectivity index (χ0n) is 11.7. The first kappa shape index (κ1) is 12.8. The SMILES string of the molecule is OC1(c2ccc(OC3CC3)cc2)CCc2c(F)cccc21. The summed E-state index contributed by atoms with van der Waals surface area (Å²) in [7, 11) is 0. The molecule has 3 heteroatoms. The van der Waals surface area contributed by atoms with Gasteiger partial charge in [0, 0.05) is 0 Å². The molecule has 2 nitrogen and oxygen atoms in total. The van der Waals surface area contributed by atoms with E-state index in [0.717, 1.165) is 24.2 Å². The van der Waals surface area contributed by atoms with Crippen molar-refractivity contribution in [2.75, 3.05) is 0 Å². The largest absolute Gasteiger partial charge is 0.490 e. The lowest BCUT2D eigenvalue weighted by atomic mass is 9.88. The molecule has 108 valence electrons. The number of aliphatic hydroxyl groups is 1. The Kier molecular flexibility index (Phi) is 2.79. The van der Waals surface area contributed by atoms with Crippen LogP contribution in [0.4, 0.5) is 4.39 Å². The van der Waals surface area contributed by atoms with Gasteiger partial charge in [0.05, 0.1) is 6.10 Å². The highest BCUT2D eigenvalue weighted by molar-refractivity contribution is 5.46. The smallest absolute Gasteiger partial charge is 0.126 e. The normalized spacial score (nSPS) is 23.9. The molecule has 0 aliphatic heterocycles. The van der Waals surface area contributed by atoms with Crippen LogP contribution < -0.4 is 4.74 Å². The monoisotopic (exact) mass is 284 g/mol. The maximum absolute atomic E-state index is 13.8. The van der Waals surface area contributed by atoms with Gasteiger partial charge in [-0.25, -0.2) is 4.39 Å². The van der Waals surface area contributed by atoms with Crippen molar-refractivity contribution >= 4 is 0 Å². The molecule has 4 rings (SSSR count). The standard InChI is InChI=1S/C18H17FO2/c19-17-3-1-2-16-15(17)10-11-18(16,20)12-4-6-13(7-5-12)21-14-8-9-14/h1-7,14,20H,8-11H2. The third kappa shape index (κ3) is 2.12. The summed E-state index contributed by atoms with van der Waals surface area (Å²) in [4.78, 5) is 0. The number of rotatable bonds is 3. The van der Waals surface area contributed by atoms with E-state index in [-0.39, 0.29) is 5.82 Å². The fourth-order valence-electron chi connectivity index (χ4n) is 3.13. The Morgan fingerprint density at radius 3 is 2.57 bits per heavy atom. The zero-order chi connectivity index (χ0) is 14.4. The molecular weight excluding hydrogens is 267 g/mol. The van der Waals surface area contributed by atoms with E-state index in [9.17, 15) is 9.50 Å². The Morgan fingerprint density at radius 1 is 1.10 bits per heavy atom. The van der Waals surface area contributed by atoms with Gasteiger partial charge in [-0.05, 0) is 60.6 Å². The number of hydrogen-bond acceptors (Lipinski definition) is 2. The summed E-state index contributed by atoms with van der Waals surface area (Å²) in [6, 6.07) is 12.5. The molecule has 0 bridgehead atoms. The first-order valence-electron chi connectivity index (χ1n) is 7.44. The Balaban J connectivity index is 1.68. The van der Waals surface area contributed by atoms with E-state index < -0.39 is 5.60 Å². The Labute approximate surface area is 123 Å². The molecule has 0 saturated heterocycles. The molecule has 0 radical (unpaired) electrons. The topological polar surface area (TPSA) is 29.5 Å². The van der Waals surface area contributed by atoms with Crippen LogP contribution in [0.15, 0.2) is 42.5 Å². The molecule has 0 aromatic heterocycles. The van der Waals surface area contributed by atoms with Gasteiger partial charge in [0.25, 0.3) is 0 Å². The van der Waals surface area contributed by atoms with Crippen LogP contribution in [0, 0.1) is 5.82 Å². The third-order valence-corrected chi connectivity index (χ3v) is 4.46. The highest BCUT2D eigenvalue weighted by Crippen LogP contribution is 2.43. The number of hydrogen-bond donors (Lipinski definition) is 1. The molecule has 1 N–H and O–H groups in total. The molecule has 2 aromatic carbocycles. The second-order valence-corrected chi connectivity index (χ2v) is 5.97. The molecule has 21 heavy (non-hydrogen) atoms. The average Bonchev–Trinajstić information content (AvgIpc) is 3.23. The molecule has 0 spiro atoms. The van der Waals surface area contributed by atoms with Crippen molar-refractivity contribution in [1.29, 1.82) is 0 Å². The van der Waals surface area contributed by atoms with Crippen molar-refractivity contribution in [3.63, 3.8) is 0 Å². The van der Waals surface area contributed by atoms with E-state index in [1.54, 1.807) is 6.07 Å². The minimum atomic E-state index is -1.09. The predicted molar refractivity (Wildman–Crippen MR) is 77.8 cm³/mol. The van der Waals surface area contributed by atoms with Crippen molar-refractivity contribution in [3.8, 4) is 5.75 Å². The van der Waals surface area contributed by atoms with Gasteiger partial charge in [0.1, 0.15) is 17.2 Å². The van der Waals surface area contributed by atoms with Gasteiger partial charge in [0.15, 0.2) is 0 Å². The van der Waals surface area contributed by atoms with Gasteiger partial charge in [-0.1, -0.05) is 24.3 Å². The van der Waals surface area contributed by atoms with Crippen LogP contribution in [0.25, 0.3) is 0 Å². The second-order valence-electron chi connectivity index (χ2n) is 5.97. The van der Waals surface area contributed by atoms with E-state index in [2.05, 4.69) is 0 Å². The van der Waals surface area contributed by atoms with Crippen LogP contribution in [0.3, 0.4) is 0 Å². The lowest BCUT2D eigenvalue weighted by molar-refractivity contribution is 0.0828. The molecule has 0 amide bonds. The lowest BCUT2D eigenvalue weighted by Crippen LogP contribution is -2.23. The van der Waals surface area contributed by atoms with Gasteiger partial charge in [0.2, 0.25) is 0 Å². The van der Waals surface area contributed by atoms with Crippen molar-refractivity contribution < 1.29 is 14.2 Å². The van der Waals surface area contributed by atoms with Crippen LogP contribution in [0.2, 0.25) is 0 Å². The van der Waals surface area contributed by atoms with E-state index in [1.165, 1.54) is 6.07 Å². The molecule has 0 heterocycles. The van der Waals surface area contributed by atoms with E-state index in [0.29, 0.717) is 30.1 Å². The highest BCUT2D eigenvalue weighted by Gasteiger charge is 2.39. The first-order chi connectivity index (χ1) is 10.2. The van der Waals surface area contributed by atoms with Gasteiger partial charge in [-0.2, -0.15) is 0 Å². The summed E-state index contributed by atoms with van der Waals surface area (Å²) in [5.74, 6) is 0.611. The van der Waals surface area contributed by atoms with Crippen LogP contribution in [-0.2, 0) is 12.0 Å². The fourth-order valence-corrected chi connectivity index (χ4v) is 3.13. The summed E-state index contributed by atoms with van der Waals surface area (Å²) in [5, 5.41) is 11.0. The summed E-state index contributed by atoms with van der Waals surface area (Å²) in [5.41, 5.74) is 1.04. The van der Waals surface area contributed by atoms with Crippen LogP contribution >= 0.6 is 0 Å². The fraction of sp³-hybridized carbons (Fsp3) is 0.333. The quantitative estimate of drug-likeness (QED) is 0.934. The van der Waals surface area contributed by atoms with Crippen molar-refractivity contribution in [1.82, 2.24) is 0 Å². The maximum atomic E-state index is 13.8. The third-order valence-electron chi connectivity index (χ3n) is 4.46. The minimum Gasteiger partial charge on any atom is -0.490 e. The second kappa shape index (κ2) is 4.57. The highest BCUT2D eigenvalue weighted by atomic mass is 19.1. The molecule has 2 aliphatic carbocycles. The summed E-state index contributed by atoms with van der Waals surface area (Å²) in [6.07, 6.45) is 3.70. The van der Waals surface area contributed by atoms with E-state index >= 15 is 0 Å². The Morgan fingerprint density at radius 2 is 1.86 bits per heavy atom. The number of halogens is 1. The number of fused-ring (bicyclic) bond motifs is 1. The lowest BCUT2D eigenvalue weighted by Gasteiger charge is -2.25. The minimum absolute atomic E-state index is 0.225. The van der Waals surface area contributed by atoms with Crippen LogP contribution in [0.1, 0.15) is 36.0 Å². The summed E-state index contributed by atoms with van der Waals surface area (Å²) < 4.78 is 19.6. The molecule has 2 aromatic rings. The van der Waals surface area contributed by atoms with E-state index in [1.807, 2.05) is 30.3 Å². The molecule has 1 unspecified atom stereocenters. The zero-order valence-corrected chi connectivity index (χ0v) is 11.7. The number of ether oxygens (including phenoxy) is 1. The Bertz CT molecular complexity index is 676.